The van der Waals surface area contributed by atoms with E-state index < -0.39 is 11.7 Å². The number of benzene rings is 1. The van der Waals surface area contributed by atoms with E-state index in [0.717, 1.165) is 38.3 Å². The number of halogens is 3. The van der Waals surface area contributed by atoms with Gasteiger partial charge in [-0.15, -0.1) is 0 Å². The molecule has 2 rings (SSSR count). The first kappa shape index (κ1) is 16.6. The van der Waals surface area contributed by atoms with Crippen LogP contribution in [0.3, 0.4) is 0 Å². The molecule has 0 aliphatic carbocycles. The van der Waals surface area contributed by atoms with Gasteiger partial charge in [-0.25, -0.2) is 0 Å². The van der Waals surface area contributed by atoms with Gasteiger partial charge in [0.1, 0.15) is 0 Å². The fraction of sp³-hybridized carbons (Fsp3) is 0.500. The largest absolute Gasteiger partial charge is 0.418 e. The molecule has 1 aromatic carbocycles. The van der Waals surface area contributed by atoms with Crippen LogP contribution in [0.2, 0.25) is 0 Å². The molecule has 122 valence electrons. The fourth-order valence-electron chi connectivity index (χ4n) is 2.29. The molecule has 0 spiro atoms. The van der Waals surface area contributed by atoms with Crippen LogP contribution < -0.4 is 11.1 Å². The van der Waals surface area contributed by atoms with E-state index in [1.807, 2.05) is 11.9 Å². The first-order chi connectivity index (χ1) is 10.3. The van der Waals surface area contributed by atoms with Crippen LogP contribution in [0, 0.1) is 0 Å². The zero-order valence-corrected chi connectivity index (χ0v) is 12.3. The molecule has 0 aromatic heterocycles. The van der Waals surface area contributed by atoms with E-state index in [1.54, 1.807) is 0 Å². The highest BCUT2D eigenvalue weighted by molar-refractivity contribution is 5.92. The highest BCUT2D eigenvalue weighted by atomic mass is 19.4. The summed E-state index contributed by atoms with van der Waals surface area (Å²) in [4.78, 5) is 16.1. The van der Waals surface area contributed by atoms with Crippen molar-refractivity contribution in [2.45, 2.75) is 6.18 Å². The van der Waals surface area contributed by atoms with Crippen molar-refractivity contribution in [3.63, 3.8) is 0 Å². The maximum Gasteiger partial charge on any atom is 0.418 e. The van der Waals surface area contributed by atoms with Crippen molar-refractivity contribution < 1.29 is 18.0 Å². The van der Waals surface area contributed by atoms with Gasteiger partial charge >= 0.3 is 6.18 Å². The van der Waals surface area contributed by atoms with Crippen LogP contribution in [0.1, 0.15) is 5.56 Å². The molecule has 0 unspecified atom stereocenters. The number of alkyl halides is 3. The third kappa shape index (κ3) is 4.35. The Morgan fingerprint density at radius 1 is 1.27 bits per heavy atom. The molecule has 1 heterocycles. The van der Waals surface area contributed by atoms with E-state index in [0.29, 0.717) is 0 Å². The molecule has 1 fully saturated rings. The number of piperazine rings is 1. The van der Waals surface area contributed by atoms with Crippen LogP contribution in [0.25, 0.3) is 0 Å². The summed E-state index contributed by atoms with van der Waals surface area (Å²) in [6.45, 7) is 3.43. The lowest BCUT2D eigenvalue weighted by Crippen LogP contribution is -2.47. The molecule has 1 aromatic rings. The Hall–Kier alpha value is -1.80. The van der Waals surface area contributed by atoms with Gasteiger partial charge in [0.25, 0.3) is 0 Å². The number of nitrogens with zero attached hydrogens (tertiary/aromatic N) is 2. The molecule has 0 atom stereocenters. The van der Waals surface area contributed by atoms with E-state index in [9.17, 15) is 18.0 Å². The Balaban J connectivity index is 1.97. The number of nitrogens with two attached hydrogens (primary N) is 1. The topological polar surface area (TPSA) is 61.6 Å². The van der Waals surface area contributed by atoms with Gasteiger partial charge in [0.05, 0.1) is 12.1 Å². The van der Waals surface area contributed by atoms with Crippen molar-refractivity contribution in [2.24, 2.45) is 0 Å². The van der Waals surface area contributed by atoms with Gasteiger partial charge in [-0.1, -0.05) is 0 Å². The molecule has 0 radical (unpaired) electrons. The van der Waals surface area contributed by atoms with Crippen LogP contribution in [0.15, 0.2) is 18.2 Å². The number of likely N-dealkylation sites (N-methyl/N-ethyl adjacent to an activating group) is 1. The van der Waals surface area contributed by atoms with E-state index in [1.165, 1.54) is 6.07 Å². The minimum Gasteiger partial charge on any atom is -0.398 e. The number of hydrogen-bond donors (Lipinski definition) is 2. The third-order valence-corrected chi connectivity index (χ3v) is 3.61. The molecule has 0 saturated carbocycles. The summed E-state index contributed by atoms with van der Waals surface area (Å²) in [5.41, 5.74) is 4.12. The summed E-state index contributed by atoms with van der Waals surface area (Å²) < 4.78 is 38.3. The number of hydrogen-bond acceptors (Lipinski definition) is 4. The van der Waals surface area contributed by atoms with Crippen molar-refractivity contribution in [1.29, 1.82) is 0 Å². The van der Waals surface area contributed by atoms with Gasteiger partial charge in [0.15, 0.2) is 0 Å². The summed E-state index contributed by atoms with van der Waals surface area (Å²) in [5.74, 6) is -0.331. The number of rotatable bonds is 3. The molecule has 1 saturated heterocycles. The van der Waals surface area contributed by atoms with Gasteiger partial charge < -0.3 is 16.0 Å². The average molecular weight is 316 g/mol. The van der Waals surface area contributed by atoms with Crippen molar-refractivity contribution in [3.8, 4) is 0 Å². The van der Waals surface area contributed by atoms with Crippen molar-refractivity contribution in [1.82, 2.24) is 9.80 Å². The summed E-state index contributed by atoms with van der Waals surface area (Å²) in [7, 11) is 2.00. The molecule has 22 heavy (non-hydrogen) atoms. The normalized spacial score (nSPS) is 17.5. The molecule has 5 nitrogen and oxygen atoms in total. The van der Waals surface area contributed by atoms with Crippen LogP contribution in [0.4, 0.5) is 24.5 Å². The Labute approximate surface area is 126 Å². The smallest absolute Gasteiger partial charge is 0.398 e. The van der Waals surface area contributed by atoms with E-state index in [4.69, 9.17) is 5.73 Å². The van der Waals surface area contributed by atoms with Crippen LogP contribution in [-0.4, -0.2) is 55.5 Å². The monoisotopic (exact) mass is 316 g/mol. The molecule has 1 amide bonds. The van der Waals surface area contributed by atoms with Gasteiger partial charge in [0.2, 0.25) is 5.91 Å². The van der Waals surface area contributed by atoms with E-state index >= 15 is 0 Å². The van der Waals surface area contributed by atoms with Gasteiger partial charge in [-0.3, -0.25) is 9.69 Å². The maximum absolute atomic E-state index is 12.8. The highest BCUT2D eigenvalue weighted by Gasteiger charge is 2.33. The quantitative estimate of drug-likeness (QED) is 0.829. The number of carbonyl (C=O) groups excluding carboxylic acids is 1. The highest BCUT2D eigenvalue weighted by Crippen LogP contribution is 2.35. The lowest BCUT2D eigenvalue weighted by Gasteiger charge is -2.31. The maximum atomic E-state index is 12.8. The minimum absolute atomic E-state index is 0.0978. The first-order valence-electron chi connectivity index (χ1n) is 6.93. The SMILES string of the molecule is CN1CCN(CC(=O)Nc2ccc(N)c(C(F)(F)F)c2)CC1. The predicted molar refractivity (Wildman–Crippen MR) is 78.4 cm³/mol. The molecule has 8 heteroatoms. The lowest BCUT2D eigenvalue weighted by molar-refractivity contribution is -0.137. The van der Waals surface area contributed by atoms with Crippen LogP contribution >= 0.6 is 0 Å². The standard InChI is InChI=1S/C14H19F3N4O/c1-20-4-6-21(7-5-20)9-13(22)19-10-2-3-12(18)11(8-10)14(15,16)17/h2-3,8H,4-7,9,18H2,1H3,(H,19,22). The summed E-state index contributed by atoms with van der Waals surface area (Å²) >= 11 is 0. The predicted octanol–water partition coefficient (Wildman–Crippen LogP) is 1.47. The summed E-state index contributed by atoms with van der Waals surface area (Å²) in [6, 6.07) is 3.37. The van der Waals surface area contributed by atoms with Crippen molar-refractivity contribution in [2.75, 3.05) is 50.8 Å². The lowest BCUT2D eigenvalue weighted by atomic mass is 10.1. The van der Waals surface area contributed by atoms with E-state index in [-0.39, 0.29) is 23.8 Å². The van der Waals surface area contributed by atoms with Gasteiger partial charge in [-0.2, -0.15) is 13.2 Å². The van der Waals surface area contributed by atoms with Gasteiger partial charge in [-0.05, 0) is 25.2 Å². The summed E-state index contributed by atoms with van der Waals surface area (Å²) in [5, 5.41) is 2.49. The van der Waals surface area contributed by atoms with Gasteiger partial charge in [0, 0.05) is 37.6 Å². The Bertz CT molecular complexity index is 539. The van der Waals surface area contributed by atoms with E-state index in [2.05, 4.69) is 10.2 Å². The third-order valence-electron chi connectivity index (χ3n) is 3.61. The fourth-order valence-corrected chi connectivity index (χ4v) is 2.29. The van der Waals surface area contributed by atoms with Crippen molar-refractivity contribution in [3.05, 3.63) is 23.8 Å². The molecule has 3 N–H and O–H groups in total. The van der Waals surface area contributed by atoms with Crippen LogP contribution in [0.5, 0.6) is 0 Å². The Morgan fingerprint density at radius 2 is 1.91 bits per heavy atom. The Kier molecular flexibility index (Phi) is 4.92. The molecular weight excluding hydrogens is 297 g/mol. The number of nitrogens with one attached hydrogen (secondary N) is 1. The zero-order chi connectivity index (χ0) is 16.3. The molecular formula is C14H19F3N4O. The van der Waals surface area contributed by atoms with Crippen molar-refractivity contribution >= 4 is 17.3 Å². The molecule has 0 bridgehead atoms. The second kappa shape index (κ2) is 6.53. The second-order valence-corrected chi connectivity index (χ2v) is 5.43. The average Bonchev–Trinajstić information content (AvgIpc) is 2.42. The number of nitrogen functional groups attached to an aromatic ring is 1. The molecule has 1 aliphatic heterocycles. The summed E-state index contributed by atoms with van der Waals surface area (Å²) in [6.07, 6.45) is -4.54. The van der Waals surface area contributed by atoms with Crippen LogP contribution in [-0.2, 0) is 11.0 Å². The number of anilines is 2. The molecule has 1 aliphatic rings. The second-order valence-electron chi connectivity index (χ2n) is 5.43. The first-order valence-corrected chi connectivity index (χ1v) is 6.93. The zero-order valence-electron chi connectivity index (χ0n) is 12.3. The minimum atomic E-state index is -4.54. The number of carbonyl (C=O) groups is 1. The number of amides is 1. The Morgan fingerprint density at radius 3 is 2.50 bits per heavy atom.